The molecule has 5 nitrogen and oxygen atoms in total. The Hall–Kier alpha value is -2.43. The molecule has 2 amide bonds. The van der Waals surface area contributed by atoms with Crippen LogP contribution in [0, 0.1) is 0 Å². The number of nitrogens with zero attached hydrogens (tertiary/aromatic N) is 1. The molecule has 0 aliphatic carbocycles. The number of nitrogen functional groups attached to an aromatic ring is 1. The lowest BCUT2D eigenvalue weighted by molar-refractivity contribution is 0.0880. The third-order valence-corrected chi connectivity index (χ3v) is 2.60. The Morgan fingerprint density at radius 3 is 2.56 bits per heavy atom. The van der Waals surface area contributed by atoms with E-state index in [0.717, 1.165) is 0 Å². The number of aromatic nitrogens is 1. The highest BCUT2D eigenvalue weighted by molar-refractivity contribution is 6.28. The molecule has 0 radical (unpaired) electrons. The maximum atomic E-state index is 11.6. The van der Waals surface area contributed by atoms with E-state index in [1.807, 2.05) is 0 Å². The number of amides is 2. The third kappa shape index (κ3) is 0.967. The van der Waals surface area contributed by atoms with Gasteiger partial charge < -0.3 is 5.73 Å². The summed E-state index contributed by atoms with van der Waals surface area (Å²) in [5.41, 5.74) is 6.79. The summed E-state index contributed by atoms with van der Waals surface area (Å²) < 4.78 is 0. The molecule has 2 aromatic rings. The fraction of sp³-hybridized carbons (Fsp3) is 0. The Morgan fingerprint density at radius 2 is 1.75 bits per heavy atom. The molecule has 3 rings (SSSR count). The van der Waals surface area contributed by atoms with Crippen LogP contribution in [-0.4, -0.2) is 16.8 Å². The molecule has 0 atom stereocenters. The first-order valence-electron chi connectivity index (χ1n) is 4.72. The summed E-state index contributed by atoms with van der Waals surface area (Å²) in [5, 5.41) is 2.87. The van der Waals surface area contributed by atoms with Crippen molar-refractivity contribution in [3.8, 4) is 0 Å². The molecule has 1 aliphatic rings. The van der Waals surface area contributed by atoms with Crippen molar-refractivity contribution < 1.29 is 9.59 Å². The second kappa shape index (κ2) is 2.79. The minimum atomic E-state index is -0.476. The van der Waals surface area contributed by atoms with Crippen molar-refractivity contribution in [3.63, 3.8) is 0 Å². The first-order valence-corrected chi connectivity index (χ1v) is 4.72. The number of nitrogens with two attached hydrogens (primary N) is 1. The molecule has 0 spiro atoms. The monoisotopic (exact) mass is 213 g/mol. The Balaban J connectivity index is 2.54. The molecular weight excluding hydrogens is 206 g/mol. The van der Waals surface area contributed by atoms with Gasteiger partial charge >= 0.3 is 0 Å². The molecule has 5 heteroatoms. The van der Waals surface area contributed by atoms with Crippen LogP contribution in [-0.2, 0) is 0 Å². The summed E-state index contributed by atoms with van der Waals surface area (Å²) in [6.45, 7) is 0. The van der Waals surface area contributed by atoms with E-state index < -0.39 is 11.8 Å². The van der Waals surface area contributed by atoms with Crippen LogP contribution in [0.5, 0.6) is 0 Å². The summed E-state index contributed by atoms with van der Waals surface area (Å²) in [6, 6.07) is 7.09. The van der Waals surface area contributed by atoms with Crippen molar-refractivity contribution in [2.75, 3.05) is 5.73 Å². The second-order valence-corrected chi connectivity index (χ2v) is 3.55. The van der Waals surface area contributed by atoms with E-state index in [2.05, 4.69) is 10.3 Å². The van der Waals surface area contributed by atoms with E-state index in [1.54, 1.807) is 24.3 Å². The van der Waals surface area contributed by atoms with Crippen LogP contribution >= 0.6 is 0 Å². The van der Waals surface area contributed by atoms with Crippen LogP contribution in [0.25, 0.3) is 10.9 Å². The van der Waals surface area contributed by atoms with E-state index in [1.165, 1.54) is 0 Å². The lowest BCUT2D eigenvalue weighted by Gasteiger charge is -2.03. The Labute approximate surface area is 90.3 Å². The fourth-order valence-electron chi connectivity index (χ4n) is 1.92. The molecule has 1 aliphatic heterocycles. The van der Waals surface area contributed by atoms with Gasteiger partial charge in [0.05, 0.1) is 16.6 Å². The van der Waals surface area contributed by atoms with Gasteiger partial charge in [-0.15, -0.1) is 0 Å². The average molecular weight is 213 g/mol. The van der Waals surface area contributed by atoms with Crippen molar-refractivity contribution in [2.24, 2.45) is 0 Å². The van der Waals surface area contributed by atoms with E-state index in [-0.39, 0.29) is 11.4 Å². The lowest BCUT2D eigenvalue weighted by Crippen LogP contribution is -2.20. The zero-order valence-electron chi connectivity index (χ0n) is 8.15. The highest BCUT2D eigenvalue weighted by atomic mass is 16.2. The van der Waals surface area contributed by atoms with Gasteiger partial charge in [-0.05, 0) is 6.07 Å². The van der Waals surface area contributed by atoms with Gasteiger partial charge in [-0.2, -0.15) is 0 Å². The highest BCUT2D eigenvalue weighted by Crippen LogP contribution is 2.28. The topological polar surface area (TPSA) is 85.1 Å². The number of hydrogen-bond donors (Lipinski definition) is 2. The molecule has 78 valence electrons. The fourth-order valence-corrected chi connectivity index (χ4v) is 1.92. The van der Waals surface area contributed by atoms with Crippen LogP contribution in [0.2, 0.25) is 0 Å². The van der Waals surface area contributed by atoms with Gasteiger partial charge in [-0.1, -0.05) is 18.2 Å². The van der Waals surface area contributed by atoms with Crippen molar-refractivity contribution in [3.05, 3.63) is 35.4 Å². The van der Waals surface area contributed by atoms with Gasteiger partial charge in [0, 0.05) is 5.39 Å². The standard InChI is InChI=1S/C11H7N3O2/c12-9-8-7(10(15)14-11(8)16)5-3-1-2-4-6(5)13-9/h1-4H,(H2,12,13)(H,14,15,16). The van der Waals surface area contributed by atoms with Gasteiger partial charge in [-0.25, -0.2) is 4.98 Å². The molecule has 1 aromatic carbocycles. The molecule has 1 aromatic heterocycles. The normalized spacial score (nSPS) is 14.0. The van der Waals surface area contributed by atoms with Crippen molar-refractivity contribution in [1.82, 2.24) is 10.3 Å². The smallest absolute Gasteiger partial charge is 0.262 e. The highest BCUT2D eigenvalue weighted by Gasteiger charge is 2.31. The number of imide groups is 1. The number of rotatable bonds is 0. The predicted molar refractivity (Wildman–Crippen MR) is 58.0 cm³/mol. The largest absolute Gasteiger partial charge is 0.383 e. The first kappa shape index (κ1) is 8.84. The van der Waals surface area contributed by atoms with Gasteiger partial charge in [-0.3, -0.25) is 14.9 Å². The molecule has 0 unspecified atom stereocenters. The zero-order valence-corrected chi connectivity index (χ0v) is 8.15. The molecule has 0 saturated carbocycles. The number of anilines is 1. The van der Waals surface area contributed by atoms with Crippen molar-refractivity contribution >= 4 is 28.5 Å². The maximum Gasteiger partial charge on any atom is 0.262 e. The van der Waals surface area contributed by atoms with E-state index >= 15 is 0 Å². The summed E-state index contributed by atoms with van der Waals surface area (Å²) >= 11 is 0. The zero-order chi connectivity index (χ0) is 11.3. The summed E-state index contributed by atoms with van der Waals surface area (Å²) in [5.74, 6) is -0.793. The number of carbonyl (C=O) groups excluding carboxylic acids is 2. The van der Waals surface area contributed by atoms with Gasteiger partial charge in [0.2, 0.25) is 0 Å². The van der Waals surface area contributed by atoms with Crippen LogP contribution < -0.4 is 11.1 Å². The molecule has 16 heavy (non-hydrogen) atoms. The second-order valence-electron chi connectivity index (χ2n) is 3.55. The number of para-hydroxylation sites is 1. The summed E-state index contributed by atoms with van der Waals surface area (Å²) in [6.07, 6.45) is 0. The number of pyridine rings is 1. The van der Waals surface area contributed by atoms with Crippen LogP contribution in [0.3, 0.4) is 0 Å². The maximum absolute atomic E-state index is 11.6. The number of hydrogen-bond acceptors (Lipinski definition) is 4. The number of nitrogens with one attached hydrogen (secondary N) is 1. The van der Waals surface area contributed by atoms with E-state index in [9.17, 15) is 9.59 Å². The van der Waals surface area contributed by atoms with Crippen LogP contribution in [0.4, 0.5) is 5.82 Å². The lowest BCUT2D eigenvalue weighted by atomic mass is 10.0. The van der Waals surface area contributed by atoms with Gasteiger partial charge in [0.25, 0.3) is 11.8 Å². The van der Waals surface area contributed by atoms with E-state index in [0.29, 0.717) is 16.5 Å². The van der Waals surface area contributed by atoms with Crippen molar-refractivity contribution in [1.29, 1.82) is 0 Å². The Morgan fingerprint density at radius 1 is 1.06 bits per heavy atom. The van der Waals surface area contributed by atoms with Crippen LogP contribution in [0.1, 0.15) is 20.7 Å². The SMILES string of the molecule is Nc1nc2ccccc2c2c1C(=O)NC2=O. The number of benzene rings is 1. The van der Waals surface area contributed by atoms with Gasteiger partial charge in [0.1, 0.15) is 5.82 Å². The molecule has 3 N–H and O–H groups in total. The van der Waals surface area contributed by atoms with Gasteiger partial charge in [0.15, 0.2) is 0 Å². The predicted octanol–water partition coefficient (Wildman–Crippen LogP) is 0.701. The van der Waals surface area contributed by atoms with Crippen LogP contribution in [0.15, 0.2) is 24.3 Å². The third-order valence-electron chi connectivity index (χ3n) is 2.60. The molecular formula is C11H7N3O2. The molecule has 2 heterocycles. The number of fused-ring (bicyclic) bond motifs is 3. The van der Waals surface area contributed by atoms with E-state index in [4.69, 9.17) is 5.73 Å². The number of carbonyl (C=O) groups is 2. The minimum absolute atomic E-state index is 0.0945. The summed E-state index contributed by atoms with van der Waals surface area (Å²) in [4.78, 5) is 27.2. The first-order chi connectivity index (χ1) is 7.68. The average Bonchev–Trinajstić information content (AvgIpc) is 2.55. The van der Waals surface area contributed by atoms with Crippen molar-refractivity contribution in [2.45, 2.75) is 0 Å². The molecule has 0 fully saturated rings. The minimum Gasteiger partial charge on any atom is -0.383 e. The quantitative estimate of drug-likeness (QED) is 0.631. The molecule has 0 saturated heterocycles. The Bertz CT molecular complexity index is 649. The molecule has 0 bridgehead atoms. The summed E-state index contributed by atoms with van der Waals surface area (Å²) in [7, 11) is 0. The Kier molecular flexibility index (Phi) is 1.54.